The van der Waals surface area contributed by atoms with Gasteiger partial charge in [0.05, 0.1) is 6.54 Å². The lowest BCUT2D eigenvalue weighted by atomic mass is 10.1. The van der Waals surface area contributed by atoms with Crippen molar-refractivity contribution in [2.45, 2.75) is 51.7 Å². The van der Waals surface area contributed by atoms with Crippen molar-refractivity contribution in [2.24, 2.45) is 0 Å². The number of hydrogen-bond acceptors (Lipinski definition) is 3. The largest absolute Gasteiger partial charge is 0.417 e. The Morgan fingerprint density at radius 1 is 1.20 bits per heavy atom. The van der Waals surface area contributed by atoms with Crippen LogP contribution in [0.25, 0.3) is 0 Å². The second-order valence-corrected chi connectivity index (χ2v) is 13.3. The van der Waals surface area contributed by atoms with Crippen molar-refractivity contribution >= 4 is 14.1 Å². The molecule has 0 aliphatic carbocycles. The first-order valence-electron chi connectivity index (χ1n) is 9.31. The lowest BCUT2D eigenvalue weighted by molar-refractivity contribution is 0.0934. The molecule has 25 heavy (non-hydrogen) atoms. The van der Waals surface area contributed by atoms with E-state index in [0.29, 0.717) is 6.54 Å². The maximum Gasteiger partial charge on any atom is 0.191 e. The fraction of sp³-hybridized carbons (Fsp3) is 0.571. The summed E-state index contributed by atoms with van der Waals surface area (Å²) in [5.41, 5.74) is 2.21. The van der Waals surface area contributed by atoms with Crippen LogP contribution in [0.4, 0.5) is 0 Å². The fourth-order valence-corrected chi connectivity index (χ4v) is 3.82. The van der Waals surface area contributed by atoms with E-state index in [2.05, 4.69) is 44.8 Å². The maximum absolute atomic E-state index is 12.4. The molecule has 2 rings (SSSR count). The number of hydrogen-bond donors (Lipinski definition) is 0. The molecule has 138 valence electrons. The first-order valence-corrected chi connectivity index (χ1v) is 12.2. The molecule has 1 aromatic rings. The molecule has 0 unspecified atom stereocenters. The SMILES string of the molecule is CC(C)(C)[Si](C)(C)OCCC1=CCCN(CC(=O)c2ccccc2)C1. The number of Topliss-reactive ketones (excluding diaryl/α,β-unsaturated/α-hetero) is 1. The first-order chi connectivity index (χ1) is 11.7. The molecule has 0 amide bonds. The van der Waals surface area contributed by atoms with Gasteiger partial charge in [-0.3, -0.25) is 9.69 Å². The van der Waals surface area contributed by atoms with Gasteiger partial charge in [0.25, 0.3) is 0 Å². The Kier molecular flexibility index (Phi) is 6.77. The highest BCUT2D eigenvalue weighted by Crippen LogP contribution is 2.36. The van der Waals surface area contributed by atoms with E-state index < -0.39 is 8.32 Å². The quantitative estimate of drug-likeness (QED) is 0.393. The summed E-state index contributed by atoms with van der Waals surface area (Å²) in [6.07, 6.45) is 4.33. The molecule has 4 heteroatoms. The van der Waals surface area contributed by atoms with Crippen molar-refractivity contribution in [1.82, 2.24) is 4.90 Å². The molecule has 0 saturated heterocycles. The molecule has 1 aliphatic heterocycles. The van der Waals surface area contributed by atoms with Crippen molar-refractivity contribution in [3.05, 3.63) is 47.5 Å². The monoisotopic (exact) mass is 359 g/mol. The Morgan fingerprint density at radius 3 is 2.52 bits per heavy atom. The van der Waals surface area contributed by atoms with Crippen LogP contribution in [0.15, 0.2) is 42.0 Å². The van der Waals surface area contributed by atoms with Crippen LogP contribution in [0.1, 0.15) is 44.0 Å². The van der Waals surface area contributed by atoms with Crippen molar-refractivity contribution in [3.8, 4) is 0 Å². The molecule has 1 aliphatic rings. The summed E-state index contributed by atoms with van der Waals surface area (Å²) >= 11 is 0. The molecule has 0 radical (unpaired) electrons. The van der Waals surface area contributed by atoms with Crippen molar-refractivity contribution < 1.29 is 9.22 Å². The van der Waals surface area contributed by atoms with E-state index in [1.807, 2.05) is 30.3 Å². The van der Waals surface area contributed by atoms with Crippen molar-refractivity contribution in [3.63, 3.8) is 0 Å². The van der Waals surface area contributed by atoms with E-state index in [9.17, 15) is 4.79 Å². The summed E-state index contributed by atoms with van der Waals surface area (Å²) in [6.45, 7) is 14.6. The van der Waals surface area contributed by atoms with E-state index in [4.69, 9.17) is 4.43 Å². The maximum atomic E-state index is 12.4. The minimum absolute atomic E-state index is 0.208. The van der Waals surface area contributed by atoms with Crippen LogP contribution in [0.3, 0.4) is 0 Å². The second kappa shape index (κ2) is 8.43. The highest BCUT2D eigenvalue weighted by atomic mass is 28.4. The zero-order valence-corrected chi connectivity index (χ0v) is 17.5. The summed E-state index contributed by atoms with van der Waals surface area (Å²) < 4.78 is 6.29. The van der Waals surface area contributed by atoms with Crippen molar-refractivity contribution in [2.75, 3.05) is 26.2 Å². The van der Waals surface area contributed by atoms with E-state index >= 15 is 0 Å². The van der Waals surface area contributed by atoms with Gasteiger partial charge in [-0.25, -0.2) is 0 Å². The minimum Gasteiger partial charge on any atom is -0.417 e. The van der Waals surface area contributed by atoms with Gasteiger partial charge in [0, 0.05) is 25.3 Å². The zero-order valence-electron chi connectivity index (χ0n) is 16.5. The van der Waals surface area contributed by atoms with Crippen LogP contribution in [0.5, 0.6) is 0 Å². The molecule has 0 atom stereocenters. The van der Waals surface area contributed by atoms with Crippen LogP contribution in [0, 0.1) is 0 Å². The number of carbonyl (C=O) groups excluding carboxylic acids is 1. The predicted octanol–water partition coefficient (Wildman–Crippen LogP) is 4.91. The van der Waals surface area contributed by atoms with Crippen LogP contribution >= 0.6 is 0 Å². The van der Waals surface area contributed by atoms with Crippen LogP contribution in [-0.4, -0.2) is 45.2 Å². The minimum atomic E-state index is -1.67. The van der Waals surface area contributed by atoms with Crippen LogP contribution < -0.4 is 0 Å². The molecule has 0 N–H and O–H groups in total. The molecule has 0 bridgehead atoms. The Balaban J connectivity index is 1.81. The van der Waals surface area contributed by atoms with Gasteiger partial charge in [-0.15, -0.1) is 0 Å². The Morgan fingerprint density at radius 2 is 1.88 bits per heavy atom. The van der Waals surface area contributed by atoms with Crippen LogP contribution in [-0.2, 0) is 4.43 Å². The standard InChI is InChI=1S/C21H33NO2Si/c1-21(2,3)25(4,5)24-15-13-18-10-9-14-22(16-18)17-20(23)19-11-7-6-8-12-19/h6-8,10-12H,9,13-17H2,1-5H3. The van der Waals surface area contributed by atoms with Gasteiger partial charge in [0.2, 0.25) is 0 Å². The molecule has 0 aromatic heterocycles. The summed E-state index contributed by atoms with van der Waals surface area (Å²) in [5.74, 6) is 0.208. The molecule has 1 heterocycles. The summed E-state index contributed by atoms with van der Waals surface area (Å²) in [5, 5.41) is 0.252. The fourth-order valence-electron chi connectivity index (χ4n) is 2.77. The van der Waals surface area contributed by atoms with E-state index in [0.717, 1.165) is 38.1 Å². The van der Waals surface area contributed by atoms with Gasteiger partial charge in [0.15, 0.2) is 14.1 Å². The van der Waals surface area contributed by atoms with Gasteiger partial charge in [-0.2, -0.15) is 0 Å². The molecule has 0 spiro atoms. The number of ketones is 1. The number of benzene rings is 1. The average molecular weight is 360 g/mol. The van der Waals surface area contributed by atoms with Gasteiger partial charge < -0.3 is 4.43 Å². The lowest BCUT2D eigenvalue weighted by Crippen LogP contribution is -2.41. The zero-order chi connectivity index (χ0) is 18.5. The second-order valence-electron chi connectivity index (χ2n) is 8.51. The molecule has 3 nitrogen and oxygen atoms in total. The number of nitrogens with zero attached hydrogens (tertiary/aromatic N) is 1. The third-order valence-corrected chi connectivity index (χ3v) is 10.00. The van der Waals surface area contributed by atoms with Gasteiger partial charge in [0.1, 0.15) is 0 Å². The molecular formula is C21H33NO2Si. The van der Waals surface area contributed by atoms with Crippen molar-refractivity contribution in [1.29, 1.82) is 0 Å². The van der Waals surface area contributed by atoms with Gasteiger partial charge >= 0.3 is 0 Å². The molecule has 0 saturated carbocycles. The van der Waals surface area contributed by atoms with Gasteiger partial charge in [-0.05, 0) is 31.0 Å². The highest BCUT2D eigenvalue weighted by Gasteiger charge is 2.36. The molecule has 0 fully saturated rings. The highest BCUT2D eigenvalue weighted by molar-refractivity contribution is 6.74. The summed E-state index contributed by atoms with van der Waals surface area (Å²) in [6, 6.07) is 9.59. The third-order valence-electron chi connectivity index (χ3n) is 5.46. The van der Waals surface area contributed by atoms with Gasteiger partial charge in [-0.1, -0.05) is 62.8 Å². The molecular weight excluding hydrogens is 326 g/mol. The number of carbonyl (C=O) groups is 1. The van der Waals surface area contributed by atoms with E-state index in [1.165, 1.54) is 5.57 Å². The summed E-state index contributed by atoms with van der Waals surface area (Å²) in [4.78, 5) is 14.7. The molecule has 1 aromatic carbocycles. The van der Waals surface area contributed by atoms with Crippen LogP contribution in [0.2, 0.25) is 18.1 Å². The topological polar surface area (TPSA) is 29.5 Å². The Bertz CT molecular complexity index is 602. The Labute approximate surface area is 154 Å². The first kappa shape index (κ1) is 20.1. The average Bonchev–Trinajstić information content (AvgIpc) is 2.55. The third kappa shape index (κ3) is 5.91. The normalized spacial score (nSPS) is 16.6. The summed E-state index contributed by atoms with van der Waals surface area (Å²) in [7, 11) is -1.67. The van der Waals surface area contributed by atoms with E-state index in [1.54, 1.807) is 0 Å². The van der Waals surface area contributed by atoms with E-state index in [-0.39, 0.29) is 10.8 Å². The smallest absolute Gasteiger partial charge is 0.191 e. The number of rotatable bonds is 7. The predicted molar refractivity (Wildman–Crippen MR) is 108 cm³/mol. The lowest BCUT2D eigenvalue weighted by Gasteiger charge is -2.36. The Hall–Kier alpha value is -1.23.